The number of unbranched alkanes of at least 4 members (excludes halogenated alkanes) is 3. The molecule has 1 saturated heterocycles. The largest absolute Gasteiger partial charge is 0.444 e. The Bertz CT molecular complexity index is 1220. The zero-order chi connectivity index (χ0) is 37.6. The molecule has 0 spiro atoms. The van der Waals surface area contributed by atoms with Crippen molar-refractivity contribution in [2.24, 2.45) is 0 Å². The third-order valence-corrected chi connectivity index (χ3v) is 7.14. The van der Waals surface area contributed by atoms with Crippen molar-refractivity contribution >= 4 is 47.5 Å². The van der Waals surface area contributed by atoms with Gasteiger partial charge in [-0.2, -0.15) is 0 Å². The fourth-order valence-electron chi connectivity index (χ4n) is 4.60. The highest BCUT2D eigenvalue weighted by atomic mass is 16.7. The molecule has 3 N–H and O–H groups in total. The van der Waals surface area contributed by atoms with Crippen molar-refractivity contribution in [2.45, 2.75) is 90.2 Å². The number of nitrogens with zero attached hydrogens (tertiary/aromatic N) is 2. The van der Waals surface area contributed by atoms with E-state index in [-0.39, 0.29) is 69.3 Å². The molecule has 0 bridgehead atoms. The number of hydroxylamine groups is 2. The van der Waals surface area contributed by atoms with Crippen LogP contribution in [0.2, 0.25) is 0 Å². The topological polar surface area (TPSA) is 225 Å². The number of carbonyl (C=O) groups is 8. The van der Waals surface area contributed by atoms with E-state index in [0.29, 0.717) is 70.1 Å². The van der Waals surface area contributed by atoms with Gasteiger partial charge in [0.25, 0.3) is 23.6 Å². The van der Waals surface area contributed by atoms with Gasteiger partial charge in [0, 0.05) is 51.0 Å². The molecule has 2 aliphatic rings. The van der Waals surface area contributed by atoms with E-state index in [4.69, 9.17) is 23.8 Å². The monoisotopic (exact) mass is 725 g/mol. The second kappa shape index (κ2) is 23.1. The van der Waals surface area contributed by atoms with E-state index >= 15 is 0 Å². The molecule has 51 heavy (non-hydrogen) atoms. The van der Waals surface area contributed by atoms with Gasteiger partial charge in [0.2, 0.25) is 11.8 Å². The summed E-state index contributed by atoms with van der Waals surface area (Å²) in [6.07, 6.45) is 4.83. The molecule has 2 rings (SSSR count). The van der Waals surface area contributed by atoms with Crippen molar-refractivity contribution in [3.63, 3.8) is 0 Å². The first-order chi connectivity index (χ1) is 24.3. The van der Waals surface area contributed by atoms with Gasteiger partial charge in [-0.1, -0.05) is 6.42 Å². The second-order valence-electron chi connectivity index (χ2n) is 12.6. The van der Waals surface area contributed by atoms with Gasteiger partial charge in [-0.25, -0.2) is 9.59 Å². The molecule has 0 aromatic heterocycles. The molecule has 18 heteroatoms. The van der Waals surface area contributed by atoms with Crippen molar-refractivity contribution < 1.29 is 62.1 Å². The van der Waals surface area contributed by atoms with Crippen LogP contribution in [0.1, 0.15) is 78.6 Å². The minimum Gasteiger partial charge on any atom is -0.444 e. The molecule has 0 aromatic rings. The Hall–Kier alpha value is -4.42. The fraction of sp³-hybridized carbons (Fsp3) is 0.697. The van der Waals surface area contributed by atoms with E-state index < -0.39 is 35.5 Å². The van der Waals surface area contributed by atoms with Crippen molar-refractivity contribution in [2.75, 3.05) is 59.3 Å². The van der Waals surface area contributed by atoms with Crippen molar-refractivity contribution in [1.82, 2.24) is 25.9 Å². The van der Waals surface area contributed by atoms with Gasteiger partial charge in [-0.3, -0.25) is 33.7 Å². The van der Waals surface area contributed by atoms with Crippen LogP contribution in [0.4, 0.5) is 4.79 Å². The molecule has 2 aliphatic heterocycles. The Morgan fingerprint density at radius 2 is 1.35 bits per heavy atom. The molecule has 1 unspecified atom stereocenters. The summed E-state index contributed by atoms with van der Waals surface area (Å²) in [6.45, 7) is 7.17. The normalized spacial score (nSPS) is 15.0. The smallest absolute Gasteiger partial charge is 0.408 e. The quantitative estimate of drug-likeness (QED) is 0.0859. The van der Waals surface area contributed by atoms with Crippen LogP contribution in [0.25, 0.3) is 0 Å². The summed E-state index contributed by atoms with van der Waals surface area (Å²) in [5.41, 5.74) is -0.820. The molecule has 2 heterocycles. The van der Waals surface area contributed by atoms with Crippen LogP contribution in [0.15, 0.2) is 12.2 Å². The molecular weight excluding hydrogens is 674 g/mol. The number of hydrogen-bond donors (Lipinski definition) is 3. The first kappa shape index (κ1) is 42.7. The van der Waals surface area contributed by atoms with Crippen LogP contribution in [0.3, 0.4) is 0 Å². The Morgan fingerprint density at radius 1 is 0.745 bits per heavy atom. The lowest BCUT2D eigenvalue weighted by molar-refractivity contribution is -0.199. The molecule has 1 atom stereocenters. The Balaban J connectivity index is 1.44. The average molecular weight is 726 g/mol. The molecule has 0 aromatic carbocycles. The molecule has 1 fully saturated rings. The summed E-state index contributed by atoms with van der Waals surface area (Å²) < 4.78 is 21.3. The minimum absolute atomic E-state index is 0.0636. The van der Waals surface area contributed by atoms with Gasteiger partial charge in [-0.05, 0) is 52.9 Å². The summed E-state index contributed by atoms with van der Waals surface area (Å²) in [7, 11) is 0. The van der Waals surface area contributed by atoms with Crippen LogP contribution >= 0.6 is 0 Å². The number of hydrogen-bond acceptors (Lipinski definition) is 13. The van der Waals surface area contributed by atoms with E-state index in [1.54, 1.807) is 20.8 Å². The predicted molar refractivity (Wildman–Crippen MR) is 177 cm³/mol. The number of nitrogens with one attached hydrogen (secondary N) is 3. The molecule has 0 aliphatic carbocycles. The van der Waals surface area contributed by atoms with Gasteiger partial charge in [0.05, 0.1) is 33.0 Å². The lowest BCUT2D eigenvalue weighted by Gasteiger charge is -2.23. The summed E-state index contributed by atoms with van der Waals surface area (Å²) >= 11 is 0. The van der Waals surface area contributed by atoms with E-state index in [9.17, 15) is 38.4 Å². The number of rotatable bonds is 25. The third kappa shape index (κ3) is 18.4. The summed E-state index contributed by atoms with van der Waals surface area (Å²) in [5, 5.41) is 8.28. The molecule has 0 radical (unpaired) electrons. The Morgan fingerprint density at radius 3 is 2.00 bits per heavy atom. The highest BCUT2D eigenvalue weighted by Gasteiger charge is 2.35. The average Bonchev–Trinajstić information content (AvgIpc) is 3.55. The highest BCUT2D eigenvalue weighted by molar-refractivity contribution is 6.12. The summed E-state index contributed by atoms with van der Waals surface area (Å²) in [5.74, 6) is -3.30. The maximum absolute atomic E-state index is 12.7. The number of ether oxygens (including phenoxy) is 4. The zero-order valence-electron chi connectivity index (χ0n) is 29.7. The van der Waals surface area contributed by atoms with Crippen LogP contribution < -0.4 is 16.0 Å². The highest BCUT2D eigenvalue weighted by Crippen LogP contribution is 2.15. The summed E-state index contributed by atoms with van der Waals surface area (Å²) in [4.78, 5) is 102. The van der Waals surface area contributed by atoms with Crippen molar-refractivity contribution in [1.29, 1.82) is 0 Å². The maximum Gasteiger partial charge on any atom is 0.408 e. The predicted octanol–water partition coefficient (Wildman–Crippen LogP) is 0.425. The van der Waals surface area contributed by atoms with Gasteiger partial charge in [0.15, 0.2) is 0 Å². The third-order valence-electron chi connectivity index (χ3n) is 7.14. The Kier molecular flexibility index (Phi) is 19.4. The van der Waals surface area contributed by atoms with Gasteiger partial charge in [-0.15, -0.1) is 5.06 Å². The lowest BCUT2D eigenvalue weighted by Crippen LogP contribution is -2.46. The van der Waals surface area contributed by atoms with Gasteiger partial charge in [0.1, 0.15) is 18.2 Å². The number of imide groups is 2. The number of alkyl carbamates (subject to hydrolysis) is 1. The lowest BCUT2D eigenvalue weighted by atomic mass is 10.1. The summed E-state index contributed by atoms with van der Waals surface area (Å²) in [6, 6.07) is -1.19. The number of carbonyl (C=O) groups excluding carboxylic acids is 8. The molecule has 0 saturated carbocycles. The van der Waals surface area contributed by atoms with Crippen LogP contribution in [0, 0.1) is 0 Å². The van der Waals surface area contributed by atoms with Crippen molar-refractivity contribution in [3.05, 3.63) is 12.2 Å². The molecule has 7 amide bonds. The van der Waals surface area contributed by atoms with E-state index in [0.717, 1.165) is 6.42 Å². The number of amides is 7. The standard InChI is InChI=1S/C33H51N5O13/c1-33(2,3)50-32(46)36-24(31(45)51-38-29(43)13-14-30(38)44)9-6-7-15-34-26(40)23-49-22-21-48-20-19-47-18-16-35-25(39)10-5-4-8-17-37-27(41)11-12-28(37)42/h11-12,24H,4-10,13-23H2,1-3H3,(H,34,40)(H,35,39)(H,36,46). The SMILES string of the molecule is CC(C)(C)OC(=O)NC(CCCCNC(=O)COCCOCCOCCNC(=O)CCCCCN1C(=O)C=CC1=O)C(=O)ON1C(=O)CCC1=O. The van der Waals surface area contributed by atoms with E-state index in [1.807, 2.05) is 0 Å². The van der Waals surface area contributed by atoms with E-state index in [1.165, 1.54) is 17.1 Å². The molecular formula is C33H51N5O13. The van der Waals surface area contributed by atoms with Crippen LogP contribution in [-0.2, 0) is 57.3 Å². The molecule has 286 valence electrons. The van der Waals surface area contributed by atoms with E-state index in [2.05, 4.69) is 16.0 Å². The van der Waals surface area contributed by atoms with Crippen molar-refractivity contribution in [3.8, 4) is 0 Å². The van der Waals surface area contributed by atoms with Crippen LogP contribution in [-0.4, -0.2) is 128 Å². The first-order valence-corrected chi connectivity index (χ1v) is 17.1. The minimum atomic E-state index is -1.19. The maximum atomic E-state index is 12.7. The van der Waals surface area contributed by atoms with Gasteiger partial charge >= 0.3 is 12.1 Å². The first-order valence-electron chi connectivity index (χ1n) is 17.1. The van der Waals surface area contributed by atoms with Gasteiger partial charge < -0.3 is 39.7 Å². The Labute approximate surface area is 297 Å². The second-order valence-corrected chi connectivity index (χ2v) is 12.6. The zero-order valence-corrected chi connectivity index (χ0v) is 29.7. The fourth-order valence-corrected chi connectivity index (χ4v) is 4.60. The molecule has 18 nitrogen and oxygen atoms in total. The van der Waals surface area contributed by atoms with Crippen LogP contribution in [0.5, 0.6) is 0 Å².